The van der Waals surface area contributed by atoms with Crippen LogP contribution < -0.4 is 10.9 Å². The van der Waals surface area contributed by atoms with Crippen molar-refractivity contribution in [3.05, 3.63) is 27.9 Å². The fraction of sp³-hybridized carbons (Fsp3) is 0.714. The summed E-state index contributed by atoms with van der Waals surface area (Å²) in [6.45, 7) is 2.77. The second-order valence-electron chi connectivity index (χ2n) is 5.05. The van der Waals surface area contributed by atoms with Gasteiger partial charge in [-0.15, -0.1) is 0 Å². The Morgan fingerprint density at radius 2 is 2.45 bits per heavy atom. The number of hydrogen-bond acceptors (Lipinski definition) is 5. The van der Waals surface area contributed by atoms with Gasteiger partial charge in [-0.2, -0.15) is 0 Å². The first-order valence-electron chi connectivity index (χ1n) is 7.18. The lowest BCUT2D eigenvalue weighted by Crippen LogP contribution is -2.26. The fourth-order valence-corrected chi connectivity index (χ4v) is 2.33. The van der Waals surface area contributed by atoms with Crippen molar-refractivity contribution in [3.63, 3.8) is 0 Å². The summed E-state index contributed by atoms with van der Waals surface area (Å²) in [5.74, 6) is 0.716. The minimum atomic E-state index is -0.102. The molecule has 1 aromatic rings. The van der Waals surface area contributed by atoms with Gasteiger partial charge in [0.05, 0.1) is 18.4 Å². The van der Waals surface area contributed by atoms with Gasteiger partial charge in [-0.25, -0.2) is 4.98 Å². The Kier molecular flexibility index (Phi) is 6.17. The van der Waals surface area contributed by atoms with Crippen molar-refractivity contribution in [2.75, 3.05) is 26.9 Å². The average molecular weight is 281 g/mol. The second-order valence-corrected chi connectivity index (χ2v) is 5.05. The van der Waals surface area contributed by atoms with Gasteiger partial charge in [0, 0.05) is 39.3 Å². The minimum absolute atomic E-state index is 0.102. The summed E-state index contributed by atoms with van der Waals surface area (Å²) in [5, 5.41) is 3.19. The highest BCUT2D eigenvalue weighted by atomic mass is 16.5. The molecule has 1 saturated heterocycles. The summed E-state index contributed by atoms with van der Waals surface area (Å²) in [5.41, 5.74) is 0.657. The molecular formula is C14H23N3O3. The lowest BCUT2D eigenvalue weighted by Gasteiger charge is -2.22. The van der Waals surface area contributed by atoms with Gasteiger partial charge in [-0.05, 0) is 19.3 Å². The first-order valence-corrected chi connectivity index (χ1v) is 7.18. The molecule has 0 aromatic carbocycles. The lowest BCUT2D eigenvalue weighted by molar-refractivity contribution is 0.0156. The molecule has 0 spiro atoms. The molecule has 0 aliphatic carbocycles. The van der Waals surface area contributed by atoms with Crippen LogP contribution in [-0.2, 0) is 22.4 Å². The van der Waals surface area contributed by atoms with Gasteiger partial charge in [0.1, 0.15) is 5.82 Å². The lowest BCUT2D eigenvalue weighted by atomic mass is 10.1. The zero-order valence-corrected chi connectivity index (χ0v) is 12.0. The molecule has 0 bridgehead atoms. The molecule has 0 saturated carbocycles. The van der Waals surface area contributed by atoms with Crippen molar-refractivity contribution in [3.8, 4) is 0 Å². The number of aromatic amines is 1. The summed E-state index contributed by atoms with van der Waals surface area (Å²) in [6, 6.07) is 1.53. The van der Waals surface area contributed by atoms with Crippen LogP contribution in [-0.4, -0.2) is 42.9 Å². The molecule has 6 nitrogen and oxygen atoms in total. The molecule has 2 heterocycles. The maximum atomic E-state index is 11.7. The van der Waals surface area contributed by atoms with Gasteiger partial charge in [0.2, 0.25) is 0 Å². The first kappa shape index (κ1) is 15.2. The van der Waals surface area contributed by atoms with Crippen LogP contribution in [0.3, 0.4) is 0 Å². The molecule has 112 valence electrons. The van der Waals surface area contributed by atoms with Crippen molar-refractivity contribution in [1.29, 1.82) is 0 Å². The number of ether oxygens (including phenoxy) is 2. The highest BCUT2D eigenvalue weighted by Gasteiger charge is 2.15. The van der Waals surface area contributed by atoms with E-state index < -0.39 is 0 Å². The van der Waals surface area contributed by atoms with E-state index in [-0.39, 0.29) is 11.7 Å². The summed E-state index contributed by atoms with van der Waals surface area (Å²) < 4.78 is 10.6. The first-order chi connectivity index (χ1) is 9.78. The maximum Gasteiger partial charge on any atom is 0.251 e. The van der Waals surface area contributed by atoms with E-state index in [1.165, 1.54) is 12.5 Å². The molecule has 1 aliphatic heterocycles. The van der Waals surface area contributed by atoms with Crippen molar-refractivity contribution in [2.45, 2.75) is 38.3 Å². The number of aromatic nitrogens is 2. The predicted molar refractivity (Wildman–Crippen MR) is 75.7 cm³/mol. The Labute approximate surface area is 118 Å². The monoisotopic (exact) mass is 281 g/mol. The third kappa shape index (κ3) is 5.03. The molecule has 1 fully saturated rings. The van der Waals surface area contributed by atoms with Crippen molar-refractivity contribution in [1.82, 2.24) is 15.3 Å². The van der Waals surface area contributed by atoms with E-state index in [0.29, 0.717) is 25.4 Å². The third-order valence-corrected chi connectivity index (χ3v) is 3.33. The Morgan fingerprint density at radius 3 is 3.20 bits per heavy atom. The molecule has 1 aliphatic rings. The number of methoxy groups -OCH3 is 1. The number of nitrogens with one attached hydrogen (secondary N) is 2. The van der Waals surface area contributed by atoms with Gasteiger partial charge >= 0.3 is 0 Å². The van der Waals surface area contributed by atoms with Gasteiger partial charge < -0.3 is 19.8 Å². The normalized spacial score (nSPS) is 19.1. The number of rotatable bonds is 7. The van der Waals surface area contributed by atoms with E-state index in [1.54, 1.807) is 7.11 Å². The molecule has 20 heavy (non-hydrogen) atoms. The van der Waals surface area contributed by atoms with Crippen LogP contribution in [0.1, 0.15) is 30.8 Å². The Morgan fingerprint density at radius 1 is 1.55 bits per heavy atom. The Hall–Kier alpha value is -1.24. The van der Waals surface area contributed by atoms with Crippen LogP contribution in [0.25, 0.3) is 0 Å². The minimum Gasteiger partial charge on any atom is -0.383 e. The zero-order valence-electron chi connectivity index (χ0n) is 12.0. The topological polar surface area (TPSA) is 76.2 Å². The van der Waals surface area contributed by atoms with Crippen LogP contribution >= 0.6 is 0 Å². The molecule has 6 heteroatoms. The number of H-pyrrole nitrogens is 1. The molecule has 2 N–H and O–H groups in total. The van der Waals surface area contributed by atoms with E-state index in [2.05, 4.69) is 15.3 Å². The van der Waals surface area contributed by atoms with Crippen LogP contribution in [0.4, 0.5) is 0 Å². The Bertz CT molecular complexity index is 455. The van der Waals surface area contributed by atoms with Crippen LogP contribution in [0.15, 0.2) is 10.9 Å². The van der Waals surface area contributed by atoms with E-state index >= 15 is 0 Å². The molecule has 1 atom stereocenters. The van der Waals surface area contributed by atoms with E-state index in [0.717, 1.165) is 31.7 Å². The largest absolute Gasteiger partial charge is 0.383 e. The highest BCUT2D eigenvalue weighted by molar-refractivity contribution is 5.03. The smallest absolute Gasteiger partial charge is 0.251 e. The maximum absolute atomic E-state index is 11.7. The zero-order chi connectivity index (χ0) is 14.2. The second kappa shape index (κ2) is 8.14. The number of nitrogens with zero attached hydrogens (tertiary/aromatic N) is 1. The van der Waals surface area contributed by atoms with Crippen molar-refractivity contribution >= 4 is 0 Å². The number of hydrogen-bond donors (Lipinski definition) is 2. The van der Waals surface area contributed by atoms with Crippen molar-refractivity contribution in [2.24, 2.45) is 0 Å². The van der Waals surface area contributed by atoms with Crippen LogP contribution in [0.5, 0.6) is 0 Å². The van der Waals surface area contributed by atoms with Crippen LogP contribution in [0.2, 0.25) is 0 Å². The summed E-state index contributed by atoms with van der Waals surface area (Å²) >= 11 is 0. The molecule has 1 aromatic heterocycles. The van der Waals surface area contributed by atoms with Gasteiger partial charge in [-0.1, -0.05) is 0 Å². The highest BCUT2D eigenvalue weighted by Crippen LogP contribution is 2.15. The Balaban J connectivity index is 1.91. The molecule has 1 unspecified atom stereocenters. The van der Waals surface area contributed by atoms with E-state index in [4.69, 9.17) is 9.47 Å². The SMILES string of the molecule is COCCNCc1cc(=O)[nH]c(CC2CCCCO2)n1. The molecule has 2 rings (SSSR count). The molecule has 0 radical (unpaired) electrons. The third-order valence-electron chi connectivity index (χ3n) is 3.33. The van der Waals surface area contributed by atoms with E-state index in [9.17, 15) is 4.79 Å². The summed E-state index contributed by atoms with van der Waals surface area (Å²) in [4.78, 5) is 18.9. The quantitative estimate of drug-likeness (QED) is 0.716. The van der Waals surface area contributed by atoms with Gasteiger partial charge in [0.25, 0.3) is 5.56 Å². The van der Waals surface area contributed by atoms with Gasteiger partial charge in [0.15, 0.2) is 0 Å². The molecular weight excluding hydrogens is 258 g/mol. The van der Waals surface area contributed by atoms with Crippen molar-refractivity contribution < 1.29 is 9.47 Å². The standard InChI is InChI=1S/C14H23N3O3/c1-19-7-5-15-10-11-8-14(18)17-13(16-11)9-12-4-2-3-6-20-12/h8,12,15H,2-7,9-10H2,1H3,(H,16,17,18). The average Bonchev–Trinajstić information content (AvgIpc) is 2.44. The van der Waals surface area contributed by atoms with Crippen LogP contribution in [0, 0.1) is 0 Å². The fourth-order valence-electron chi connectivity index (χ4n) is 2.33. The predicted octanol–water partition coefficient (Wildman–Crippen LogP) is 0.618. The molecule has 0 amide bonds. The summed E-state index contributed by atoms with van der Waals surface area (Å²) in [6.07, 6.45) is 4.22. The van der Waals surface area contributed by atoms with E-state index in [1.807, 2.05) is 0 Å². The summed E-state index contributed by atoms with van der Waals surface area (Å²) in [7, 11) is 1.66. The van der Waals surface area contributed by atoms with Gasteiger partial charge in [-0.3, -0.25) is 4.79 Å².